The van der Waals surface area contributed by atoms with Crippen molar-refractivity contribution >= 4 is 70.4 Å². The van der Waals surface area contributed by atoms with Crippen LogP contribution in [0, 0.1) is 0 Å². The molecule has 0 unspecified atom stereocenters. The molecule has 0 aliphatic rings. The van der Waals surface area contributed by atoms with Gasteiger partial charge in [-0.3, -0.25) is 0 Å². The molecule has 3 heteroatoms. The van der Waals surface area contributed by atoms with E-state index in [0.29, 0.717) is 0 Å². The van der Waals surface area contributed by atoms with E-state index in [9.17, 15) is 0 Å². The molecule has 0 atom stereocenters. The van der Waals surface area contributed by atoms with Crippen molar-refractivity contribution in [1.29, 1.82) is 0 Å². The summed E-state index contributed by atoms with van der Waals surface area (Å²) < 4.78 is 5.05. The lowest BCUT2D eigenvalue weighted by molar-refractivity contribution is 1.18. The first-order chi connectivity index (χ1) is 25.3. The predicted octanol–water partition coefficient (Wildman–Crippen LogP) is 14.0. The second-order valence-corrected chi connectivity index (χ2v) is 14.0. The minimum atomic E-state index is 1.12. The Bertz CT molecular complexity index is 2850. The molecular weight excluding hydrogens is 637 g/mol. The second-order valence-electron chi connectivity index (χ2n) is 12.9. The van der Waals surface area contributed by atoms with Gasteiger partial charge in [-0.25, -0.2) is 0 Å². The van der Waals surface area contributed by atoms with Crippen molar-refractivity contribution in [2.75, 3.05) is 4.90 Å². The van der Waals surface area contributed by atoms with Gasteiger partial charge in [-0.2, -0.15) is 0 Å². The zero-order valence-electron chi connectivity index (χ0n) is 27.8. The number of thiophene rings is 1. The fourth-order valence-corrected chi connectivity index (χ4v) is 8.86. The normalized spacial score (nSPS) is 11.5. The van der Waals surface area contributed by atoms with Crippen LogP contribution in [0.4, 0.5) is 17.1 Å². The van der Waals surface area contributed by atoms with Gasteiger partial charge in [-0.1, -0.05) is 133 Å². The van der Waals surface area contributed by atoms with Gasteiger partial charge in [0, 0.05) is 53.6 Å². The Hall–Kier alpha value is -6.42. The highest BCUT2D eigenvalue weighted by atomic mass is 32.1. The van der Waals surface area contributed by atoms with Gasteiger partial charge >= 0.3 is 0 Å². The summed E-state index contributed by atoms with van der Waals surface area (Å²) in [6, 6.07) is 70.3. The smallest absolute Gasteiger partial charge is 0.0547 e. The predicted molar refractivity (Wildman–Crippen MR) is 219 cm³/mol. The largest absolute Gasteiger partial charge is 0.310 e. The zero-order valence-corrected chi connectivity index (χ0v) is 28.6. The first kappa shape index (κ1) is 29.5. The summed E-state index contributed by atoms with van der Waals surface area (Å²) in [4.78, 5) is 2.36. The van der Waals surface area contributed by atoms with Crippen LogP contribution in [-0.4, -0.2) is 4.57 Å². The molecule has 0 N–H and O–H groups in total. The second kappa shape index (κ2) is 12.2. The number of aromatic nitrogens is 1. The summed E-state index contributed by atoms with van der Waals surface area (Å²) >= 11 is 1.86. The van der Waals surface area contributed by atoms with Gasteiger partial charge in [0.05, 0.1) is 16.7 Å². The molecule has 0 bridgehead atoms. The van der Waals surface area contributed by atoms with E-state index in [1.54, 1.807) is 0 Å². The molecule has 240 valence electrons. The van der Waals surface area contributed by atoms with Crippen LogP contribution in [-0.2, 0) is 0 Å². The number of nitrogens with zero attached hydrogens (tertiary/aromatic N) is 2. The lowest BCUT2D eigenvalue weighted by Gasteiger charge is -2.26. The van der Waals surface area contributed by atoms with Crippen molar-refractivity contribution in [3.05, 3.63) is 194 Å². The molecular formula is C48H32N2S. The highest BCUT2D eigenvalue weighted by Gasteiger charge is 2.19. The highest BCUT2D eigenvalue weighted by molar-refractivity contribution is 7.25. The summed E-state index contributed by atoms with van der Waals surface area (Å²) in [7, 11) is 0. The van der Waals surface area contributed by atoms with Gasteiger partial charge in [-0.15, -0.1) is 11.3 Å². The molecule has 0 aliphatic carbocycles. The number of fused-ring (bicyclic) bond motifs is 6. The lowest BCUT2D eigenvalue weighted by Crippen LogP contribution is -2.09. The van der Waals surface area contributed by atoms with Crippen molar-refractivity contribution in [2.45, 2.75) is 0 Å². The molecule has 0 amide bonds. The topological polar surface area (TPSA) is 8.17 Å². The van der Waals surface area contributed by atoms with Crippen molar-refractivity contribution in [2.24, 2.45) is 0 Å². The lowest BCUT2D eigenvalue weighted by atomic mass is 9.99. The quantitative estimate of drug-likeness (QED) is 0.171. The van der Waals surface area contributed by atoms with Crippen LogP contribution in [0.5, 0.6) is 0 Å². The number of para-hydroxylation sites is 3. The molecule has 0 spiro atoms. The molecule has 0 saturated carbocycles. The van der Waals surface area contributed by atoms with Crippen molar-refractivity contribution < 1.29 is 0 Å². The van der Waals surface area contributed by atoms with Crippen LogP contribution in [0.2, 0.25) is 0 Å². The Morgan fingerprint density at radius 1 is 0.373 bits per heavy atom. The van der Waals surface area contributed by atoms with E-state index in [2.05, 4.69) is 204 Å². The third kappa shape index (κ3) is 4.93. The monoisotopic (exact) mass is 668 g/mol. The fourth-order valence-electron chi connectivity index (χ4n) is 7.72. The number of hydrogen-bond donors (Lipinski definition) is 0. The number of rotatable bonds is 6. The van der Waals surface area contributed by atoms with E-state index in [-0.39, 0.29) is 0 Å². The minimum Gasteiger partial charge on any atom is -0.310 e. The Balaban J connectivity index is 1.11. The number of anilines is 3. The van der Waals surface area contributed by atoms with E-state index in [1.165, 1.54) is 64.2 Å². The molecule has 10 rings (SSSR count). The molecule has 0 radical (unpaired) electrons. The van der Waals surface area contributed by atoms with Crippen LogP contribution in [0.25, 0.3) is 69.9 Å². The molecule has 51 heavy (non-hydrogen) atoms. The van der Waals surface area contributed by atoms with Gasteiger partial charge < -0.3 is 9.47 Å². The third-order valence-electron chi connectivity index (χ3n) is 10.00. The van der Waals surface area contributed by atoms with Crippen LogP contribution < -0.4 is 4.90 Å². The Labute approximate surface area is 300 Å². The Morgan fingerprint density at radius 2 is 0.961 bits per heavy atom. The summed E-state index contributed by atoms with van der Waals surface area (Å²) in [6.07, 6.45) is 0. The molecule has 8 aromatic carbocycles. The third-order valence-corrected chi connectivity index (χ3v) is 11.1. The van der Waals surface area contributed by atoms with Crippen molar-refractivity contribution in [1.82, 2.24) is 4.57 Å². The van der Waals surface area contributed by atoms with Crippen LogP contribution in [0.3, 0.4) is 0 Å². The van der Waals surface area contributed by atoms with Gasteiger partial charge in [0.25, 0.3) is 0 Å². The van der Waals surface area contributed by atoms with E-state index in [0.717, 1.165) is 22.7 Å². The van der Waals surface area contributed by atoms with E-state index < -0.39 is 0 Å². The molecule has 0 saturated heterocycles. The molecule has 2 aromatic heterocycles. The maximum Gasteiger partial charge on any atom is 0.0547 e. The fraction of sp³-hybridized carbons (Fsp3) is 0. The Morgan fingerprint density at radius 3 is 1.80 bits per heavy atom. The highest BCUT2D eigenvalue weighted by Crippen LogP contribution is 2.43. The Kier molecular flexibility index (Phi) is 7.04. The van der Waals surface area contributed by atoms with Gasteiger partial charge in [0.2, 0.25) is 0 Å². The van der Waals surface area contributed by atoms with E-state index in [1.807, 2.05) is 11.3 Å². The van der Waals surface area contributed by atoms with Gasteiger partial charge in [0.1, 0.15) is 0 Å². The molecule has 2 nitrogen and oxygen atoms in total. The van der Waals surface area contributed by atoms with Crippen LogP contribution in [0.15, 0.2) is 194 Å². The van der Waals surface area contributed by atoms with Gasteiger partial charge in [0.15, 0.2) is 0 Å². The minimum absolute atomic E-state index is 1.12. The van der Waals surface area contributed by atoms with Crippen LogP contribution >= 0.6 is 11.3 Å². The first-order valence-electron chi connectivity index (χ1n) is 17.4. The van der Waals surface area contributed by atoms with Crippen molar-refractivity contribution in [3.8, 4) is 27.9 Å². The van der Waals surface area contributed by atoms with Gasteiger partial charge in [-0.05, 0) is 77.4 Å². The van der Waals surface area contributed by atoms with Crippen LogP contribution in [0.1, 0.15) is 0 Å². The maximum absolute atomic E-state index is 2.44. The SMILES string of the molecule is c1ccc(-c2cccc3c2c2ccccc2n3-c2ccccc2-c2ccc(N(c3ccccc3)c3ccc4c(c3)sc3ccccc34)cc2)cc1. The molecule has 2 heterocycles. The van der Waals surface area contributed by atoms with E-state index in [4.69, 9.17) is 0 Å². The average Bonchev–Trinajstić information content (AvgIpc) is 3.74. The number of hydrogen-bond acceptors (Lipinski definition) is 2. The zero-order chi connectivity index (χ0) is 33.7. The summed E-state index contributed by atoms with van der Waals surface area (Å²) in [5.74, 6) is 0. The molecule has 0 aliphatic heterocycles. The summed E-state index contributed by atoms with van der Waals surface area (Å²) in [6.45, 7) is 0. The average molecular weight is 669 g/mol. The standard InChI is InChI=1S/C48H32N2S/c1-3-14-33(15-4-1)39-21-13-24-45-48(39)42-20-8-11-23-44(42)50(45)43-22-10-7-18-38(43)34-26-28-36(29-27-34)49(35-16-5-2-6-17-35)37-30-31-41-40-19-9-12-25-46(40)51-47(41)32-37/h1-32H. The molecule has 0 fully saturated rings. The number of benzene rings is 8. The van der Waals surface area contributed by atoms with E-state index >= 15 is 0 Å². The first-order valence-corrected chi connectivity index (χ1v) is 18.2. The van der Waals surface area contributed by atoms with Crippen molar-refractivity contribution in [3.63, 3.8) is 0 Å². The molecule has 10 aromatic rings. The summed E-state index contributed by atoms with van der Waals surface area (Å²) in [5.41, 5.74) is 11.8. The summed E-state index contributed by atoms with van der Waals surface area (Å²) in [5, 5.41) is 5.16. The maximum atomic E-state index is 2.44.